The van der Waals surface area contributed by atoms with Crippen LogP contribution in [0.1, 0.15) is 76.8 Å². The van der Waals surface area contributed by atoms with Gasteiger partial charge >= 0.3 is 0 Å². The standard InChI is InChI=1S/C42H55N9O6/c1-4-5-19-37(53)51(28-31-20-22-32(23-21-31)33-17-11-12-18-34(33)39-46-49-50-47-39)38(29(2)3)42(56)44-25-14-7-6-13-24-43-36(52)27-45-40(54)35(41(55)48-57)26-30-15-9-8-10-16-30/h8-12,15-18,20-23,29,35,38,57H,4-7,13-14,19,24-28H2,1-3H3,(H,43,52)(H,44,56)(H,45,54)(H,48,55)(H,46,47,49,50)/t35?,38-/m0/s1. The number of hydrogen-bond acceptors (Lipinski definition) is 9. The predicted molar refractivity (Wildman–Crippen MR) is 215 cm³/mol. The number of aromatic nitrogens is 4. The number of tetrazole rings is 1. The number of nitrogens with one attached hydrogen (secondary N) is 5. The Hall–Kier alpha value is -5.96. The SMILES string of the molecule is CCCCC(=O)N(Cc1ccc(-c2ccccc2-c2nn[nH]n2)cc1)[C@H](C(=O)NCCCCCCNC(=O)CNC(=O)C(Cc1ccccc1)C(=O)NO)C(C)C. The van der Waals surface area contributed by atoms with E-state index in [2.05, 4.69) is 36.6 Å². The van der Waals surface area contributed by atoms with E-state index in [1.807, 2.05) is 75.4 Å². The van der Waals surface area contributed by atoms with Crippen LogP contribution >= 0.6 is 0 Å². The number of hydrogen-bond donors (Lipinski definition) is 6. The molecule has 0 fully saturated rings. The maximum Gasteiger partial charge on any atom is 0.256 e. The Morgan fingerprint density at radius 3 is 2.04 bits per heavy atom. The molecule has 6 N–H and O–H groups in total. The third kappa shape index (κ3) is 13.6. The molecule has 0 aliphatic heterocycles. The number of hydroxylamine groups is 1. The van der Waals surface area contributed by atoms with Crippen molar-refractivity contribution in [3.8, 4) is 22.5 Å². The van der Waals surface area contributed by atoms with Crippen LogP contribution in [0.2, 0.25) is 0 Å². The molecule has 0 spiro atoms. The summed E-state index contributed by atoms with van der Waals surface area (Å²) in [5, 5.41) is 31.8. The maximum atomic E-state index is 13.7. The van der Waals surface area contributed by atoms with Gasteiger partial charge in [0.2, 0.25) is 29.5 Å². The zero-order chi connectivity index (χ0) is 41.0. The molecule has 1 heterocycles. The topological polar surface area (TPSA) is 211 Å². The van der Waals surface area contributed by atoms with Gasteiger partial charge in [0.15, 0.2) is 0 Å². The highest BCUT2D eigenvalue weighted by Gasteiger charge is 2.32. The first-order valence-corrected chi connectivity index (χ1v) is 19.6. The van der Waals surface area contributed by atoms with Crippen LogP contribution in [0.5, 0.6) is 0 Å². The lowest BCUT2D eigenvalue weighted by molar-refractivity contribution is -0.143. The van der Waals surface area contributed by atoms with E-state index in [0.717, 1.165) is 59.9 Å². The van der Waals surface area contributed by atoms with E-state index < -0.39 is 29.7 Å². The lowest BCUT2D eigenvalue weighted by atomic mass is 9.97. The number of H-pyrrole nitrogens is 1. The summed E-state index contributed by atoms with van der Waals surface area (Å²) in [5.74, 6) is -2.95. The zero-order valence-electron chi connectivity index (χ0n) is 33.0. The predicted octanol–water partition coefficient (Wildman–Crippen LogP) is 4.35. The van der Waals surface area contributed by atoms with E-state index in [1.54, 1.807) is 29.2 Å². The molecule has 15 heteroatoms. The molecule has 15 nitrogen and oxygen atoms in total. The highest BCUT2D eigenvalue weighted by Crippen LogP contribution is 2.30. The number of rotatable bonds is 23. The van der Waals surface area contributed by atoms with Gasteiger partial charge in [0.05, 0.1) is 6.54 Å². The Kier molecular flexibility index (Phi) is 17.8. The highest BCUT2D eigenvalue weighted by atomic mass is 16.5. The van der Waals surface area contributed by atoms with E-state index in [4.69, 9.17) is 5.21 Å². The van der Waals surface area contributed by atoms with E-state index in [9.17, 15) is 24.0 Å². The van der Waals surface area contributed by atoms with Crippen molar-refractivity contribution < 1.29 is 29.2 Å². The van der Waals surface area contributed by atoms with Gasteiger partial charge < -0.3 is 20.9 Å². The molecule has 4 aromatic rings. The van der Waals surface area contributed by atoms with Crippen molar-refractivity contribution in [3.05, 3.63) is 90.0 Å². The number of aromatic amines is 1. The maximum absolute atomic E-state index is 13.7. The average Bonchev–Trinajstić information content (AvgIpc) is 3.77. The molecule has 0 saturated carbocycles. The average molecular weight is 782 g/mol. The van der Waals surface area contributed by atoms with Crippen LogP contribution in [0, 0.1) is 11.8 Å². The number of unbranched alkanes of at least 4 members (excludes halogenated alkanes) is 4. The molecule has 0 saturated heterocycles. The van der Waals surface area contributed by atoms with Crippen molar-refractivity contribution in [2.24, 2.45) is 11.8 Å². The molecule has 1 unspecified atom stereocenters. The Balaban J connectivity index is 1.22. The highest BCUT2D eigenvalue weighted by molar-refractivity contribution is 6.01. The van der Waals surface area contributed by atoms with Gasteiger partial charge in [-0.15, -0.1) is 10.2 Å². The molecular formula is C42H55N9O6. The van der Waals surface area contributed by atoms with Gasteiger partial charge in [-0.2, -0.15) is 5.21 Å². The van der Waals surface area contributed by atoms with Gasteiger partial charge in [-0.25, -0.2) is 5.48 Å². The second-order valence-electron chi connectivity index (χ2n) is 14.3. The quantitative estimate of drug-likeness (QED) is 0.0273. The van der Waals surface area contributed by atoms with Crippen LogP contribution in [0.4, 0.5) is 0 Å². The monoisotopic (exact) mass is 781 g/mol. The molecule has 57 heavy (non-hydrogen) atoms. The molecule has 3 aromatic carbocycles. The molecule has 1 aromatic heterocycles. The van der Waals surface area contributed by atoms with Crippen molar-refractivity contribution >= 4 is 29.5 Å². The van der Waals surface area contributed by atoms with E-state index in [-0.39, 0.29) is 30.7 Å². The van der Waals surface area contributed by atoms with Crippen LogP contribution < -0.4 is 21.4 Å². The molecule has 2 atom stereocenters. The molecule has 304 valence electrons. The van der Waals surface area contributed by atoms with Crippen LogP contribution in [0.15, 0.2) is 78.9 Å². The van der Waals surface area contributed by atoms with Crippen molar-refractivity contribution in [3.63, 3.8) is 0 Å². The number of nitrogens with zero attached hydrogens (tertiary/aromatic N) is 4. The second-order valence-corrected chi connectivity index (χ2v) is 14.3. The van der Waals surface area contributed by atoms with Crippen LogP contribution in [-0.4, -0.2) is 85.9 Å². The van der Waals surface area contributed by atoms with Crippen molar-refractivity contribution in [1.29, 1.82) is 0 Å². The number of carbonyl (C=O) groups is 5. The fourth-order valence-corrected chi connectivity index (χ4v) is 6.54. The largest absolute Gasteiger partial charge is 0.355 e. The summed E-state index contributed by atoms with van der Waals surface area (Å²) in [4.78, 5) is 66.0. The first-order valence-electron chi connectivity index (χ1n) is 19.6. The molecule has 4 rings (SSSR count). The first-order chi connectivity index (χ1) is 27.6. The van der Waals surface area contributed by atoms with Gasteiger partial charge in [-0.05, 0) is 59.1 Å². The fraction of sp³-hybridized carbons (Fsp3) is 0.429. The van der Waals surface area contributed by atoms with Gasteiger partial charge in [-0.1, -0.05) is 119 Å². The Labute approximate surface area is 333 Å². The van der Waals surface area contributed by atoms with Crippen molar-refractivity contribution in [1.82, 2.24) is 47.0 Å². The van der Waals surface area contributed by atoms with Crippen LogP contribution in [-0.2, 0) is 36.9 Å². The molecule has 5 amide bonds. The summed E-state index contributed by atoms with van der Waals surface area (Å²) in [6.07, 6.45) is 5.10. The summed E-state index contributed by atoms with van der Waals surface area (Å²) < 4.78 is 0. The lowest BCUT2D eigenvalue weighted by Crippen LogP contribution is -2.52. The van der Waals surface area contributed by atoms with Crippen molar-refractivity contribution in [2.45, 2.75) is 84.7 Å². The van der Waals surface area contributed by atoms with Crippen LogP contribution in [0.25, 0.3) is 22.5 Å². The Morgan fingerprint density at radius 1 is 0.737 bits per heavy atom. The minimum Gasteiger partial charge on any atom is -0.355 e. The van der Waals surface area contributed by atoms with E-state index in [0.29, 0.717) is 38.3 Å². The first kappa shape index (κ1) is 43.8. The van der Waals surface area contributed by atoms with E-state index in [1.165, 1.54) is 5.48 Å². The third-order valence-electron chi connectivity index (χ3n) is 9.61. The summed E-state index contributed by atoms with van der Waals surface area (Å²) in [7, 11) is 0. The molecule has 0 bridgehead atoms. The Bertz CT molecular complexity index is 1870. The fourth-order valence-electron chi connectivity index (χ4n) is 6.54. The van der Waals surface area contributed by atoms with E-state index >= 15 is 0 Å². The molecule has 0 radical (unpaired) electrons. The second kappa shape index (κ2) is 23.2. The molecule has 0 aliphatic rings. The minimum absolute atomic E-state index is 0.0542. The van der Waals surface area contributed by atoms with Crippen LogP contribution in [0.3, 0.4) is 0 Å². The third-order valence-corrected chi connectivity index (χ3v) is 9.61. The van der Waals surface area contributed by atoms with Gasteiger partial charge in [0, 0.05) is 31.6 Å². The number of amides is 5. The summed E-state index contributed by atoms with van der Waals surface area (Å²) >= 11 is 0. The van der Waals surface area contributed by atoms with Gasteiger partial charge in [-0.3, -0.25) is 29.2 Å². The van der Waals surface area contributed by atoms with Crippen molar-refractivity contribution in [2.75, 3.05) is 19.6 Å². The summed E-state index contributed by atoms with van der Waals surface area (Å²) in [6, 6.07) is 24.1. The lowest BCUT2D eigenvalue weighted by Gasteiger charge is -2.34. The summed E-state index contributed by atoms with van der Waals surface area (Å²) in [5.41, 5.74) is 5.94. The van der Waals surface area contributed by atoms with Gasteiger partial charge in [0.1, 0.15) is 12.0 Å². The number of benzene rings is 3. The normalized spacial score (nSPS) is 12.0. The molecular weight excluding hydrogens is 727 g/mol. The summed E-state index contributed by atoms with van der Waals surface area (Å²) in [6.45, 7) is 6.81. The minimum atomic E-state index is -1.19. The zero-order valence-corrected chi connectivity index (χ0v) is 33.0. The smallest absolute Gasteiger partial charge is 0.256 e. The molecule has 0 aliphatic carbocycles. The van der Waals surface area contributed by atoms with Gasteiger partial charge in [0.25, 0.3) is 5.91 Å². The Morgan fingerprint density at radius 2 is 1.40 bits per heavy atom. The number of carbonyl (C=O) groups excluding carboxylic acids is 5.